The summed E-state index contributed by atoms with van der Waals surface area (Å²) in [6, 6.07) is 9.48. The van der Waals surface area contributed by atoms with E-state index >= 15 is 0 Å². The number of aromatic nitrogens is 2. The van der Waals surface area contributed by atoms with Gasteiger partial charge < -0.3 is 15.8 Å². The Hall–Kier alpha value is -2.28. The lowest BCUT2D eigenvalue weighted by Crippen LogP contribution is -2.29. The number of ether oxygens (including phenoxy) is 1. The Bertz CT molecular complexity index is 659. The Kier molecular flexibility index (Phi) is 6.22. The maximum atomic E-state index is 11.8. The van der Waals surface area contributed by atoms with Crippen molar-refractivity contribution in [2.24, 2.45) is 0 Å². The van der Waals surface area contributed by atoms with Gasteiger partial charge in [0.2, 0.25) is 5.91 Å². The minimum Gasteiger partial charge on any atom is -0.492 e. The Morgan fingerprint density at radius 2 is 2.13 bits per heavy atom. The minimum atomic E-state index is -0.0912. The van der Waals surface area contributed by atoms with Crippen molar-refractivity contribution in [1.82, 2.24) is 15.3 Å². The molecule has 0 aliphatic carbocycles. The van der Waals surface area contributed by atoms with Crippen LogP contribution in [0.3, 0.4) is 0 Å². The molecule has 0 fully saturated rings. The van der Waals surface area contributed by atoms with E-state index in [9.17, 15) is 4.79 Å². The number of carbonyl (C=O) groups is 1. The summed E-state index contributed by atoms with van der Waals surface area (Å²) >= 11 is 1.26. The first-order valence-corrected chi connectivity index (χ1v) is 8.21. The van der Waals surface area contributed by atoms with Crippen LogP contribution in [-0.4, -0.2) is 34.8 Å². The van der Waals surface area contributed by atoms with Gasteiger partial charge in [-0.2, -0.15) is 0 Å². The molecule has 0 saturated heterocycles. The molecule has 122 valence electrons. The Labute approximate surface area is 139 Å². The van der Waals surface area contributed by atoms with Crippen LogP contribution in [0.2, 0.25) is 0 Å². The molecule has 1 aromatic carbocycles. The molecular weight excluding hydrogens is 312 g/mol. The zero-order valence-corrected chi connectivity index (χ0v) is 14.0. The van der Waals surface area contributed by atoms with Gasteiger partial charge in [-0.1, -0.05) is 23.9 Å². The third kappa shape index (κ3) is 6.15. The largest absolute Gasteiger partial charge is 0.492 e. The number of hydrogen-bond donors (Lipinski definition) is 2. The molecule has 0 spiro atoms. The van der Waals surface area contributed by atoms with Gasteiger partial charge >= 0.3 is 0 Å². The van der Waals surface area contributed by atoms with Crippen molar-refractivity contribution >= 4 is 23.5 Å². The highest BCUT2D eigenvalue weighted by molar-refractivity contribution is 7.99. The smallest absolute Gasteiger partial charge is 0.230 e. The molecule has 0 radical (unpaired) electrons. The van der Waals surface area contributed by atoms with Gasteiger partial charge in [-0.05, 0) is 31.5 Å². The van der Waals surface area contributed by atoms with Gasteiger partial charge in [0.05, 0.1) is 12.3 Å². The average Bonchev–Trinajstić information content (AvgIpc) is 2.49. The lowest BCUT2D eigenvalue weighted by molar-refractivity contribution is -0.118. The van der Waals surface area contributed by atoms with Crippen LogP contribution >= 0.6 is 11.8 Å². The molecule has 0 aliphatic heterocycles. The third-order valence-corrected chi connectivity index (χ3v) is 3.72. The molecule has 0 atom stereocenters. The number of nitrogens with two attached hydrogens (primary N) is 1. The van der Waals surface area contributed by atoms with Crippen LogP contribution < -0.4 is 15.8 Å². The first kappa shape index (κ1) is 17.1. The Morgan fingerprint density at radius 1 is 1.30 bits per heavy atom. The van der Waals surface area contributed by atoms with E-state index in [0.717, 1.165) is 17.0 Å². The number of hydrogen-bond acceptors (Lipinski definition) is 6. The van der Waals surface area contributed by atoms with E-state index in [0.29, 0.717) is 24.1 Å². The van der Waals surface area contributed by atoms with Gasteiger partial charge in [0.25, 0.3) is 0 Å². The predicted molar refractivity (Wildman–Crippen MR) is 91.6 cm³/mol. The number of amides is 1. The number of benzene rings is 1. The lowest BCUT2D eigenvalue weighted by atomic mass is 10.2. The van der Waals surface area contributed by atoms with Gasteiger partial charge in [0.1, 0.15) is 18.2 Å². The maximum absolute atomic E-state index is 11.8. The first-order chi connectivity index (χ1) is 11.0. The molecule has 1 amide bonds. The molecule has 2 aromatic rings. The van der Waals surface area contributed by atoms with Crippen molar-refractivity contribution in [3.8, 4) is 5.75 Å². The normalized spacial score (nSPS) is 10.3. The predicted octanol–water partition coefficient (Wildman–Crippen LogP) is 1.96. The van der Waals surface area contributed by atoms with Crippen molar-refractivity contribution in [2.75, 3.05) is 24.6 Å². The van der Waals surface area contributed by atoms with Crippen LogP contribution in [-0.2, 0) is 4.79 Å². The number of rotatable bonds is 7. The summed E-state index contributed by atoms with van der Waals surface area (Å²) < 4.78 is 5.57. The average molecular weight is 332 g/mol. The van der Waals surface area contributed by atoms with Crippen molar-refractivity contribution in [1.29, 1.82) is 0 Å². The molecule has 1 heterocycles. The first-order valence-electron chi connectivity index (χ1n) is 7.23. The zero-order chi connectivity index (χ0) is 16.7. The molecule has 6 nitrogen and oxygen atoms in total. The molecule has 0 unspecified atom stereocenters. The van der Waals surface area contributed by atoms with Crippen molar-refractivity contribution in [3.63, 3.8) is 0 Å². The van der Waals surface area contributed by atoms with Gasteiger partial charge in [-0.3, -0.25) is 4.79 Å². The van der Waals surface area contributed by atoms with E-state index < -0.39 is 0 Å². The molecule has 3 N–H and O–H groups in total. The third-order valence-electron chi connectivity index (χ3n) is 2.87. The number of aryl methyl sites for hydroxylation is 2. The topological polar surface area (TPSA) is 90.1 Å². The highest BCUT2D eigenvalue weighted by Crippen LogP contribution is 2.14. The van der Waals surface area contributed by atoms with E-state index in [1.54, 1.807) is 6.07 Å². The fourth-order valence-electron chi connectivity index (χ4n) is 1.88. The molecule has 1 aromatic heterocycles. The van der Waals surface area contributed by atoms with Gasteiger partial charge in [0, 0.05) is 11.8 Å². The van der Waals surface area contributed by atoms with Crippen LogP contribution in [0, 0.1) is 13.8 Å². The van der Waals surface area contributed by atoms with Gasteiger partial charge in [-0.15, -0.1) is 0 Å². The summed E-state index contributed by atoms with van der Waals surface area (Å²) in [4.78, 5) is 20.1. The minimum absolute atomic E-state index is 0.0912. The van der Waals surface area contributed by atoms with Crippen molar-refractivity contribution in [2.45, 2.75) is 19.0 Å². The molecule has 0 bridgehead atoms. The quantitative estimate of drug-likeness (QED) is 0.458. The van der Waals surface area contributed by atoms with E-state index in [1.165, 1.54) is 11.8 Å². The standard InChI is InChI=1S/C16H20N4O2S/c1-11-4-3-5-13(8-11)22-7-6-18-15(21)10-23-16-19-12(2)9-14(17)20-16/h3-5,8-9H,6-7,10H2,1-2H3,(H,18,21)(H2,17,19,20). The zero-order valence-electron chi connectivity index (χ0n) is 13.2. The summed E-state index contributed by atoms with van der Waals surface area (Å²) in [5.41, 5.74) is 7.57. The van der Waals surface area contributed by atoms with Crippen LogP contribution in [0.4, 0.5) is 5.82 Å². The maximum Gasteiger partial charge on any atom is 0.230 e. The molecule has 2 rings (SSSR count). The van der Waals surface area contributed by atoms with Gasteiger partial charge in [0.15, 0.2) is 5.16 Å². The Morgan fingerprint density at radius 3 is 2.87 bits per heavy atom. The Balaban J connectivity index is 1.67. The fraction of sp³-hybridized carbons (Fsp3) is 0.312. The highest BCUT2D eigenvalue weighted by Gasteiger charge is 2.06. The van der Waals surface area contributed by atoms with Crippen LogP contribution in [0.25, 0.3) is 0 Å². The van der Waals surface area contributed by atoms with E-state index in [-0.39, 0.29) is 11.7 Å². The number of nitrogens with one attached hydrogen (secondary N) is 1. The van der Waals surface area contributed by atoms with Crippen LogP contribution in [0.5, 0.6) is 5.75 Å². The molecular formula is C16H20N4O2S. The number of thioether (sulfide) groups is 1. The summed E-state index contributed by atoms with van der Waals surface area (Å²) in [7, 11) is 0. The van der Waals surface area contributed by atoms with E-state index in [2.05, 4.69) is 15.3 Å². The van der Waals surface area contributed by atoms with Gasteiger partial charge in [-0.25, -0.2) is 9.97 Å². The molecule has 0 saturated carbocycles. The number of nitrogen functional groups attached to an aromatic ring is 1. The summed E-state index contributed by atoms with van der Waals surface area (Å²) in [6.07, 6.45) is 0. The second-order valence-electron chi connectivity index (χ2n) is 5.02. The number of nitrogens with zero attached hydrogens (tertiary/aromatic N) is 2. The summed E-state index contributed by atoms with van der Waals surface area (Å²) in [5, 5.41) is 3.30. The molecule has 23 heavy (non-hydrogen) atoms. The van der Waals surface area contributed by atoms with Crippen LogP contribution in [0.15, 0.2) is 35.5 Å². The van der Waals surface area contributed by atoms with E-state index in [4.69, 9.17) is 10.5 Å². The second kappa shape index (κ2) is 8.38. The number of anilines is 1. The summed E-state index contributed by atoms with van der Waals surface area (Å²) in [6.45, 7) is 4.72. The number of carbonyl (C=O) groups excluding carboxylic acids is 1. The van der Waals surface area contributed by atoms with Crippen molar-refractivity contribution in [3.05, 3.63) is 41.6 Å². The lowest BCUT2D eigenvalue weighted by Gasteiger charge is -2.08. The van der Waals surface area contributed by atoms with E-state index in [1.807, 2.05) is 38.1 Å². The fourth-order valence-corrected chi connectivity index (χ4v) is 2.62. The van der Waals surface area contributed by atoms with Crippen molar-refractivity contribution < 1.29 is 9.53 Å². The summed E-state index contributed by atoms with van der Waals surface area (Å²) in [5.74, 6) is 1.36. The second-order valence-corrected chi connectivity index (χ2v) is 5.96. The SMILES string of the molecule is Cc1cccc(OCCNC(=O)CSc2nc(C)cc(N)n2)c1. The van der Waals surface area contributed by atoms with Crippen LogP contribution in [0.1, 0.15) is 11.3 Å². The molecule has 7 heteroatoms. The monoisotopic (exact) mass is 332 g/mol. The molecule has 0 aliphatic rings. The highest BCUT2D eigenvalue weighted by atomic mass is 32.2.